The van der Waals surface area contributed by atoms with Crippen molar-refractivity contribution < 1.29 is 4.92 Å². The first-order chi connectivity index (χ1) is 7.66. The van der Waals surface area contributed by atoms with Gasteiger partial charge in [-0.15, -0.1) is 0 Å². The smallest absolute Gasteiger partial charge is 0.258 e. The van der Waals surface area contributed by atoms with E-state index in [0.717, 1.165) is 0 Å². The number of halogens is 1. The Labute approximate surface area is 99.4 Å². The first-order valence-corrected chi connectivity index (χ1v) is 5.19. The van der Waals surface area contributed by atoms with E-state index in [-0.39, 0.29) is 5.69 Å². The van der Waals surface area contributed by atoms with Crippen molar-refractivity contribution in [2.75, 3.05) is 0 Å². The van der Waals surface area contributed by atoms with Crippen molar-refractivity contribution in [3.05, 3.63) is 51.2 Å². The minimum Gasteiger partial charge on any atom is -0.258 e. The molecule has 0 bridgehead atoms. The van der Waals surface area contributed by atoms with Crippen molar-refractivity contribution in [1.29, 1.82) is 0 Å². The molecule has 0 aliphatic rings. The van der Waals surface area contributed by atoms with Crippen LogP contribution in [0.1, 0.15) is 0 Å². The largest absolute Gasteiger partial charge is 0.274 e. The van der Waals surface area contributed by atoms with Gasteiger partial charge in [0.25, 0.3) is 5.69 Å². The van der Waals surface area contributed by atoms with Gasteiger partial charge >= 0.3 is 0 Å². The number of pyridine rings is 2. The standard InChI is InChI=1S/C10H6BrN3O2/c11-10-6-7(14(15)16)5-9(13-10)8-3-1-2-4-12-8/h1-6H. The van der Waals surface area contributed by atoms with Gasteiger partial charge in [-0.3, -0.25) is 15.1 Å². The van der Waals surface area contributed by atoms with Gasteiger partial charge < -0.3 is 0 Å². The number of rotatable bonds is 2. The highest BCUT2D eigenvalue weighted by molar-refractivity contribution is 9.10. The van der Waals surface area contributed by atoms with Crippen molar-refractivity contribution in [2.24, 2.45) is 0 Å². The average Bonchev–Trinajstić information content (AvgIpc) is 2.29. The fourth-order valence-electron chi connectivity index (χ4n) is 1.23. The molecule has 0 aliphatic heterocycles. The lowest BCUT2D eigenvalue weighted by atomic mass is 10.2. The molecular weight excluding hydrogens is 274 g/mol. The number of nitrogens with zero attached hydrogens (tertiary/aromatic N) is 3. The van der Waals surface area contributed by atoms with Gasteiger partial charge in [0, 0.05) is 18.3 Å². The third-order valence-electron chi connectivity index (χ3n) is 1.92. The Morgan fingerprint density at radius 3 is 2.69 bits per heavy atom. The molecule has 0 amide bonds. The van der Waals surface area contributed by atoms with Gasteiger partial charge in [-0.2, -0.15) is 0 Å². The Bertz CT molecular complexity index is 531. The van der Waals surface area contributed by atoms with Crippen molar-refractivity contribution in [3.8, 4) is 11.4 Å². The number of hydrogen-bond acceptors (Lipinski definition) is 4. The molecule has 16 heavy (non-hydrogen) atoms. The molecule has 2 aromatic heterocycles. The predicted octanol–water partition coefficient (Wildman–Crippen LogP) is 2.81. The second-order valence-corrected chi connectivity index (χ2v) is 3.82. The zero-order chi connectivity index (χ0) is 11.5. The molecule has 0 spiro atoms. The summed E-state index contributed by atoms with van der Waals surface area (Å²) in [6.45, 7) is 0. The van der Waals surface area contributed by atoms with E-state index in [2.05, 4.69) is 25.9 Å². The van der Waals surface area contributed by atoms with Crippen molar-refractivity contribution in [3.63, 3.8) is 0 Å². The highest BCUT2D eigenvalue weighted by Crippen LogP contribution is 2.23. The maximum atomic E-state index is 10.7. The van der Waals surface area contributed by atoms with E-state index in [0.29, 0.717) is 16.0 Å². The maximum Gasteiger partial charge on any atom is 0.274 e. The highest BCUT2D eigenvalue weighted by atomic mass is 79.9. The summed E-state index contributed by atoms with van der Waals surface area (Å²) in [5, 5.41) is 10.7. The summed E-state index contributed by atoms with van der Waals surface area (Å²) in [6.07, 6.45) is 1.61. The lowest BCUT2D eigenvalue weighted by Gasteiger charge is -2.00. The van der Waals surface area contributed by atoms with Crippen LogP contribution in [0.4, 0.5) is 5.69 Å². The summed E-state index contributed by atoms with van der Waals surface area (Å²) in [7, 11) is 0. The quantitative estimate of drug-likeness (QED) is 0.482. The molecule has 2 aromatic rings. The van der Waals surface area contributed by atoms with E-state index in [1.807, 2.05) is 0 Å². The Morgan fingerprint density at radius 2 is 2.06 bits per heavy atom. The minimum atomic E-state index is -0.459. The summed E-state index contributed by atoms with van der Waals surface area (Å²) in [6, 6.07) is 8.07. The molecule has 80 valence electrons. The minimum absolute atomic E-state index is 0.0115. The summed E-state index contributed by atoms with van der Waals surface area (Å²) < 4.78 is 0.419. The van der Waals surface area contributed by atoms with Crippen molar-refractivity contribution in [1.82, 2.24) is 9.97 Å². The Hall–Kier alpha value is -1.82. The van der Waals surface area contributed by atoms with Crippen LogP contribution in [0.2, 0.25) is 0 Å². The first kappa shape index (κ1) is 10.7. The third kappa shape index (κ3) is 2.22. The SMILES string of the molecule is O=[N+]([O-])c1cc(Br)nc(-c2ccccn2)c1. The zero-order valence-corrected chi connectivity index (χ0v) is 9.59. The molecule has 0 radical (unpaired) electrons. The molecule has 2 rings (SSSR count). The van der Waals surface area contributed by atoms with Gasteiger partial charge in [-0.1, -0.05) is 6.07 Å². The van der Waals surface area contributed by atoms with Crippen molar-refractivity contribution >= 4 is 21.6 Å². The lowest BCUT2D eigenvalue weighted by Crippen LogP contribution is -1.93. The molecule has 5 nitrogen and oxygen atoms in total. The van der Waals surface area contributed by atoms with Gasteiger partial charge in [0.15, 0.2) is 0 Å². The lowest BCUT2D eigenvalue weighted by molar-refractivity contribution is -0.384. The van der Waals surface area contributed by atoms with Crippen LogP contribution in [-0.2, 0) is 0 Å². The first-order valence-electron chi connectivity index (χ1n) is 4.40. The van der Waals surface area contributed by atoms with E-state index >= 15 is 0 Å². The molecule has 0 N–H and O–H groups in total. The van der Waals surface area contributed by atoms with E-state index in [1.54, 1.807) is 24.4 Å². The fourth-order valence-corrected chi connectivity index (χ4v) is 1.66. The van der Waals surface area contributed by atoms with E-state index in [4.69, 9.17) is 0 Å². The zero-order valence-electron chi connectivity index (χ0n) is 8.00. The van der Waals surface area contributed by atoms with Crippen LogP contribution in [0.15, 0.2) is 41.1 Å². The number of aromatic nitrogens is 2. The Kier molecular flexibility index (Phi) is 2.91. The molecule has 2 heterocycles. The second kappa shape index (κ2) is 4.36. The van der Waals surface area contributed by atoms with Gasteiger partial charge in [-0.25, -0.2) is 4.98 Å². The molecule has 0 unspecified atom stereocenters. The van der Waals surface area contributed by atoms with Crippen LogP contribution in [0.3, 0.4) is 0 Å². The van der Waals surface area contributed by atoms with Crippen LogP contribution in [0.25, 0.3) is 11.4 Å². The van der Waals surface area contributed by atoms with Crippen LogP contribution in [0.5, 0.6) is 0 Å². The second-order valence-electron chi connectivity index (χ2n) is 3.01. The number of hydrogen-bond donors (Lipinski definition) is 0. The maximum absolute atomic E-state index is 10.7. The fraction of sp³-hybridized carbons (Fsp3) is 0. The molecule has 0 aromatic carbocycles. The van der Waals surface area contributed by atoms with Crippen molar-refractivity contribution in [2.45, 2.75) is 0 Å². The molecular formula is C10H6BrN3O2. The monoisotopic (exact) mass is 279 g/mol. The van der Waals surface area contributed by atoms with Crippen LogP contribution in [-0.4, -0.2) is 14.9 Å². The van der Waals surface area contributed by atoms with E-state index in [1.165, 1.54) is 12.1 Å². The number of nitro groups is 1. The molecule has 6 heteroatoms. The Balaban J connectivity index is 2.54. The van der Waals surface area contributed by atoms with E-state index < -0.39 is 4.92 Å². The van der Waals surface area contributed by atoms with Gasteiger partial charge in [0.05, 0.1) is 16.3 Å². The van der Waals surface area contributed by atoms with Gasteiger partial charge in [0.1, 0.15) is 4.60 Å². The molecule has 0 atom stereocenters. The summed E-state index contributed by atoms with van der Waals surface area (Å²) >= 11 is 3.14. The third-order valence-corrected chi connectivity index (χ3v) is 2.32. The van der Waals surface area contributed by atoms with Gasteiger partial charge in [-0.05, 0) is 28.1 Å². The van der Waals surface area contributed by atoms with Crippen LogP contribution < -0.4 is 0 Å². The summed E-state index contributed by atoms with van der Waals surface area (Å²) in [4.78, 5) is 18.4. The molecule has 0 saturated carbocycles. The average molecular weight is 280 g/mol. The molecule has 0 aliphatic carbocycles. The predicted molar refractivity (Wildman–Crippen MR) is 61.8 cm³/mol. The molecule has 0 saturated heterocycles. The Morgan fingerprint density at radius 1 is 1.25 bits per heavy atom. The van der Waals surface area contributed by atoms with E-state index in [9.17, 15) is 10.1 Å². The topological polar surface area (TPSA) is 68.9 Å². The van der Waals surface area contributed by atoms with Crippen LogP contribution in [0, 0.1) is 10.1 Å². The molecule has 0 fully saturated rings. The summed E-state index contributed by atoms with van der Waals surface area (Å²) in [5.41, 5.74) is 1.07. The van der Waals surface area contributed by atoms with Gasteiger partial charge in [0.2, 0.25) is 0 Å². The normalized spacial score (nSPS) is 10.1. The highest BCUT2D eigenvalue weighted by Gasteiger charge is 2.11. The van der Waals surface area contributed by atoms with Crippen LogP contribution >= 0.6 is 15.9 Å². The summed E-state index contributed by atoms with van der Waals surface area (Å²) in [5.74, 6) is 0.